The van der Waals surface area contributed by atoms with Gasteiger partial charge in [0.25, 0.3) is 5.91 Å². The van der Waals surface area contributed by atoms with Crippen LogP contribution in [0.5, 0.6) is 0 Å². The number of hydrogen-bond acceptors (Lipinski definition) is 4. The summed E-state index contributed by atoms with van der Waals surface area (Å²) in [5.41, 5.74) is 0.621. The molecule has 0 fully saturated rings. The van der Waals surface area contributed by atoms with Gasteiger partial charge in [-0.1, -0.05) is 48.1 Å². The molecule has 0 aliphatic carbocycles. The lowest BCUT2D eigenvalue weighted by molar-refractivity contribution is 0.0937. The largest absolute Gasteiger partial charge is 0.348 e. The van der Waals surface area contributed by atoms with Gasteiger partial charge in [0, 0.05) is 16.8 Å². The van der Waals surface area contributed by atoms with Gasteiger partial charge in [-0.25, -0.2) is 0 Å². The molecule has 0 bridgehead atoms. The summed E-state index contributed by atoms with van der Waals surface area (Å²) >= 11 is 4.57. The van der Waals surface area contributed by atoms with Crippen molar-refractivity contribution in [2.45, 2.75) is 52.0 Å². The summed E-state index contributed by atoms with van der Waals surface area (Å²) in [4.78, 5) is 12.9. The molecule has 102 valence electrons. The van der Waals surface area contributed by atoms with Crippen molar-refractivity contribution in [3.8, 4) is 0 Å². The lowest BCUT2D eigenvalue weighted by atomic mass is 9.91. The highest BCUT2D eigenvalue weighted by Gasteiger charge is 2.26. The van der Waals surface area contributed by atoms with Gasteiger partial charge in [-0.05, 0) is 24.4 Å². The van der Waals surface area contributed by atoms with Crippen molar-refractivity contribution >= 4 is 33.4 Å². The molecule has 0 aromatic carbocycles. The minimum Gasteiger partial charge on any atom is -0.348 e. The van der Waals surface area contributed by atoms with E-state index in [9.17, 15) is 4.79 Å². The summed E-state index contributed by atoms with van der Waals surface area (Å²) < 4.78 is 3.91. The maximum Gasteiger partial charge on any atom is 0.265 e. The average Bonchev–Trinajstić information content (AvgIpc) is 2.76. The summed E-state index contributed by atoms with van der Waals surface area (Å²) in [6, 6.07) is 0.201. The highest BCUT2D eigenvalue weighted by Crippen LogP contribution is 2.25. The number of carbonyl (C=O) groups excluding carboxylic acids is 1. The van der Waals surface area contributed by atoms with E-state index in [0.717, 1.165) is 23.9 Å². The van der Waals surface area contributed by atoms with E-state index in [1.807, 2.05) is 20.8 Å². The van der Waals surface area contributed by atoms with E-state index >= 15 is 0 Å². The van der Waals surface area contributed by atoms with Gasteiger partial charge >= 0.3 is 0 Å². The van der Waals surface area contributed by atoms with E-state index in [-0.39, 0.29) is 17.4 Å². The van der Waals surface area contributed by atoms with Crippen molar-refractivity contribution in [3.05, 3.63) is 10.6 Å². The Bertz CT molecular complexity index is 400. The predicted octanol–water partition coefficient (Wildman–Crippen LogP) is 3.13. The molecule has 1 aromatic rings. The molecule has 1 unspecified atom stereocenters. The minimum atomic E-state index is -0.156. The molecule has 6 heteroatoms. The van der Waals surface area contributed by atoms with E-state index in [1.54, 1.807) is 0 Å². The normalized spacial score (nSPS) is 13.4. The fourth-order valence-corrected chi connectivity index (χ4v) is 2.92. The predicted molar refractivity (Wildman–Crippen MR) is 78.6 cm³/mol. The van der Waals surface area contributed by atoms with Gasteiger partial charge < -0.3 is 5.32 Å². The molecule has 4 nitrogen and oxygen atoms in total. The van der Waals surface area contributed by atoms with Crippen molar-refractivity contribution in [2.75, 3.05) is 5.33 Å². The standard InChI is InChI=1S/C12H20BrN3OS/c1-5-8(6-7-13)14-11(17)9-10(12(2,3)4)15-16-18-9/h8H,5-7H2,1-4H3,(H,14,17). The summed E-state index contributed by atoms with van der Waals surface area (Å²) in [7, 11) is 0. The molecular formula is C12H20BrN3OS. The van der Waals surface area contributed by atoms with Gasteiger partial charge in [0.15, 0.2) is 0 Å². The molecule has 0 spiro atoms. The number of alkyl halides is 1. The first-order chi connectivity index (χ1) is 8.40. The van der Waals surface area contributed by atoms with Crippen LogP contribution in [0.3, 0.4) is 0 Å². The van der Waals surface area contributed by atoms with E-state index < -0.39 is 0 Å². The van der Waals surface area contributed by atoms with Gasteiger partial charge in [-0.15, -0.1) is 5.10 Å². The van der Waals surface area contributed by atoms with Gasteiger partial charge in [0.2, 0.25) is 0 Å². The first-order valence-corrected chi connectivity index (χ1v) is 7.99. The van der Waals surface area contributed by atoms with Crippen LogP contribution in [-0.2, 0) is 5.41 Å². The molecule has 0 saturated carbocycles. The van der Waals surface area contributed by atoms with Gasteiger partial charge in [0.1, 0.15) is 4.88 Å². The van der Waals surface area contributed by atoms with Crippen molar-refractivity contribution in [1.29, 1.82) is 0 Å². The fourth-order valence-electron chi connectivity index (χ4n) is 1.59. The summed E-state index contributed by atoms with van der Waals surface area (Å²) in [6.07, 6.45) is 1.85. The van der Waals surface area contributed by atoms with Crippen molar-refractivity contribution < 1.29 is 4.79 Å². The van der Waals surface area contributed by atoms with Crippen LogP contribution in [0.1, 0.15) is 55.9 Å². The topological polar surface area (TPSA) is 54.9 Å². The fraction of sp³-hybridized carbons (Fsp3) is 0.750. The summed E-state index contributed by atoms with van der Waals surface area (Å²) in [5.74, 6) is -0.0530. The Labute approximate surface area is 121 Å². The monoisotopic (exact) mass is 333 g/mol. The maximum atomic E-state index is 12.2. The second kappa shape index (κ2) is 6.61. The van der Waals surface area contributed by atoms with Crippen LogP contribution < -0.4 is 5.32 Å². The van der Waals surface area contributed by atoms with Gasteiger partial charge in [0.05, 0.1) is 5.69 Å². The first kappa shape index (κ1) is 15.6. The second-order valence-electron chi connectivity index (χ2n) is 5.26. The van der Waals surface area contributed by atoms with Crippen LogP contribution in [0.4, 0.5) is 0 Å². The van der Waals surface area contributed by atoms with Gasteiger partial charge in [-0.2, -0.15) is 0 Å². The molecule has 18 heavy (non-hydrogen) atoms. The van der Waals surface area contributed by atoms with E-state index in [1.165, 1.54) is 11.5 Å². The third-order valence-corrected chi connectivity index (χ3v) is 3.87. The Kier molecular flexibility index (Phi) is 5.72. The molecule has 1 N–H and O–H groups in total. The number of carbonyl (C=O) groups is 1. The van der Waals surface area contributed by atoms with Crippen molar-refractivity contribution in [2.24, 2.45) is 0 Å². The summed E-state index contributed by atoms with van der Waals surface area (Å²) in [5, 5.41) is 8.02. The molecule has 1 amide bonds. The smallest absolute Gasteiger partial charge is 0.265 e. The zero-order valence-electron chi connectivity index (χ0n) is 11.3. The molecule has 0 aliphatic rings. The number of hydrogen-bond donors (Lipinski definition) is 1. The van der Waals surface area contributed by atoms with E-state index in [4.69, 9.17) is 0 Å². The molecule has 1 heterocycles. The Morgan fingerprint density at radius 2 is 2.17 bits per heavy atom. The van der Waals surface area contributed by atoms with Crippen molar-refractivity contribution in [3.63, 3.8) is 0 Å². The first-order valence-electron chi connectivity index (χ1n) is 6.09. The van der Waals surface area contributed by atoms with E-state index in [2.05, 4.69) is 37.8 Å². The lowest BCUT2D eigenvalue weighted by Gasteiger charge is -2.18. The van der Waals surface area contributed by atoms with Crippen LogP contribution in [0, 0.1) is 0 Å². The summed E-state index contributed by atoms with van der Waals surface area (Å²) in [6.45, 7) is 8.19. The molecule has 0 radical (unpaired) electrons. The molecule has 1 rings (SSSR count). The molecular weight excluding hydrogens is 314 g/mol. The average molecular weight is 334 g/mol. The third kappa shape index (κ3) is 4.02. The van der Waals surface area contributed by atoms with Crippen molar-refractivity contribution in [1.82, 2.24) is 14.9 Å². The van der Waals surface area contributed by atoms with Crippen LogP contribution in [0.2, 0.25) is 0 Å². The van der Waals surface area contributed by atoms with Gasteiger partial charge in [-0.3, -0.25) is 4.79 Å². The molecule has 0 aliphatic heterocycles. The molecule has 0 saturated heterocycles. The SMILES string of the molecule is CCC(CCBr)NC(=O)c1snnc1C(C)(C)C. The zero-order valence-corrected chi connectivity index (χ0v) is 13.7. The van der Waals surface area contributed by atoms with Crippen LogP contribution >= 0.6 is 27.5 Å². The Balaban J connectivity index is 2.82. The second-order valence-corrected chi connectivity index (χ2v) is 6.80. The number of amides is 1. The highest BCUT2D eigenvalue weighted by molar-refractivity contribution is 9.09. The molecule has 1 aromatic heterocycles. The van der Waals surface area contributed by atoms with Crippen LogP contribution in [-0.4, -0.2) is 26.9 Å². The number of rotatable bonds is 5. The quantitative estimate of drug-likeness (QED) is 0.842. The van der Waals surface area contributed by atoms with Crippen LogP contribution in [0.15, 0.2) is 0 Å². The highest BCUT2D eigenvalue weighted by atomic mass is 79.9. The zero-order chi connectivity index (χ0) is 13.8. The number of aromatic nitrogens is 2. The third-order valence-electron chi connectivity index (χ3n) is 2.69. The lowest BCUT2D eigenvalue weighted by Crippen LogP contribution is -2.35. The van der Waals surface area contributed by atoms with E-state index in [0.29, 0.717) is 4.88 Å². The maximum absolute atomic E-state index is 12.2. The molecule has 1 atom stereocenters. The Morgan fingerprint density at radius 1 is 1.50 bits per heavy atom. The number of nitrogens with one attached hydrogen (secondary N) is 1. The Hall–Kier alpha value is -0.490. The Morgan fingerprint density at radius 3 is 2.67 bits per heavy atom. The van der Waals surface area contributed by atoms with Crippen LogP contribution in [0.25, 0.3) is 0 Å². The number of halogens is 1. The number of nitrogens with zero attached hydrogens (tertiary/aromatic N) is 2. The minimum absolute atomic E-state index is 0.0530.